The van der Waals surface area contributed by atoms with Gasteiger partial charge in [0.05, 0.1) is 11.3 Å². The Hall–Kier alpha value is -2.11. The van der Waals surface area contributed by atoms with E-state index < -0.39 is 17.8 Å². The van der Waals surface area contributed by atoms with Gasteiger partial charge in [-0.05, 0) is 42.9 Å². The number of halogens is 1. The fraction of sp³-hybridized carbons (Fsp3) is 0.467. The summed E-state index contributed by atoms with van der Waals surface area (Å²) >= 11 is 0. The molecular weight excluding hydrogens is 275 g/mol. The minimum Gasteiger partial charge on any atom is -0.478 e. The van der Waals surface area contributed by atoms with Crippen LogP contribution in [0.1, 0.15) is 43.0 Å². The van der Waals surface area contributed by atoms with Crippen molar-refractivity contribution in [3.8, 4) is 0 Å². The van der Waals surface area contributed by atoms with Crippen molar-refractivity contribution in [3.05, 3.63) is 29.6 Å². The van der Waals surface area contributed by atoms with E-state index >= 15 is 0 Å². The molecule has 3 N–H and O–H groups in total. The molecule has 5 nitrogen and oxygen atoms in total. The Bertz CT molecular complexity index is 556. The summed E-state index contributed by atoms with van der Waals surface area (Å²) in [6.45, 7) is 2.69. The zero-order valence-corrected chi connectivity index (χ0v) is 11.9. The third kappa shape index (κ3) is 3.93. The van der Waals surface area contributed by atoms with Gasteiger partial charge < -0.3 is 15.7 Å². The minimum atomic E-state index is -1.28. The second kappa shape index (κ2) is 6.11. The molecular formula is C15H19FN2O3. The number of benzene rings is 1. The number of hydrogen-bond donors (Lipinski definition) is 3. The largest absolute Gasteiger partial charge is 0.478 e. The normalized spacial score (nSPS) is 15.3. The maximum Gasteiger partial charge on any atom is 0.337 e. The van der Waals surface area contributed by atoms with Gasteiger partial charge in [-0.1, -0.05) is 13.3 Å². The van der Waals surface area contributed by atoms with Gasteiger partial charge in [0.1, 0.15) is 5.82 Å². The lowest BCUT2D eigenvalue weighted by Crippen LogP contribution is -2.34. The highest BCUT2D eigenvalue weighted by Gasteiger charge is 2.41. The van der Waals surface area contributed by atoms with Crippen LogP contribution in [0.4, 0.5) is 14.9 Å². The van der Waals surface area contributed by atoms with Gasteiger partial charge >= 0.3 is 12.0 Å². The Labute approximate surface area is 122 Å². The van der Waals surface area contributed by atoms with Gasteiger partial charge in [-0.3, -0.25) is 0 Å². The predicted molar refractivity (Wildman–Crippen MR) is 77.0 cm³/mol. The highest BCUT2D eigenvalue weighted by atomic mass is 19.1. The highest BCUT2D eigenvalue weighted by Crippen LogP contribution is 2.48. The molecule has 2 amide bonds. The SMILES string of the molecule is CCCC1(CNC(=O)Nc2ccc(F)cc2C(=O)O)CC1. The Morgan fingerprint density at radius 1 is 1.38 bits per heavy atom. The number of hydrogen-bond acceptors (Lipinski definition) is 2. The molecule has 0 heterocycles. The number of carboxylic acids is 1. The van der Waals surface area contributed by atoms with Crippen molar-refractivity contribution in [2.45, 2.75) is 32.6 Å². The van der Waals surface area contributed by atoms with E-state index in [-0.39, 0.29) is 16.7 Å². The summed E-state index contributed by atoms with van der Waals surface area (Å²) in [5.41, 5.74) is 0.0337. The summed E-state index contributed by atoms with van der Waals surface area (Å²) in [6.07, 6.45) is 4.37. The first kappa shape index (κ1) is 15.3. The lowest BCUT2D eigenvalue weighted by atomic mass is 10.0. The number of carbonyl (C=O) groups excluding carboxylic acids is 1. The van der Waals surface area contributed by atoms with Crippen molar-refractivity contribution < 1.29 is 19.1 Å². The van der Waals surface area contributed by atoms with Gasteiger partial charge in [-0.25, -0.2) is 14.0 Å². The zero-order chi connectivity index (χ0) is 15.5. The summed E-state index contributed by atoms with van der Waals surface area (Å²) < 4.78 is 13.1. The Morgan fingerprint density at radius 3 is 2.67 bits per heavy atom. The topological polar surface area (TPSA) is 78.4 Å². The molecule has 6 heteroatoms. The van der Waals surface area contributed by atoms with E-state index in [2.05, 4.69) is 17.6 Å². The summed E-state index contributed by atoms with van der Waals surface area (Å²) in [5.74, 6) is -1.94. The fourth-order valence-corrected chi connectivity index (χ4v) is 2.46. The predicted octanol–water partition coefficient (Wildman–Crippen LogP) is 3.23. The zero-order valence-electron chi connectivity index (χ0n) is 11.9. The third-order valence-corrected chi connectivity index (χ3v) is 3.82. The Morgan fingerprint density at radius 2 is 2.10 bits per heavy atom. The molecule has 0 bridgehead atoms. The van der Waals surface area contributed by atoms with Gasteiger partial charge in [0.2, 0.25) is 0 Å². The van der Waals surface area contributed by atoms with Crippen LogP contribution in [0.5, 0.6) is 0 Å². The van der Waals surface area contributed by atoms with E-state index in [4.69, 9.17) is 5.11 Å². The maximum absolute atomic E-state index is 13.1. The minimum absolute atomic E-state index is 0.0849. The van der Waals surface area contributed by atoms with Crippen LogP contribution in [0.25, 0.3) is 0 Å². The van der Waals surface area contributed by atoms with E-state index in [9.17, 15) is 14.0 Å². The van der Waals surface area contributed by atoms with Crippen LogP contribution in [0.2, 0.25) is 0 Å². The number of nitrogens with one attached hydrogen (secondary N) is 2. The van der Waals surface area contributed by atoms with Crippen LogP contribution in [0, 0.1) is 11.2 Å². The second-order valence-corrected chi connectivity index (χ2v) is 5.55. The van der Waals surface area contributed by atoms with Crippen molar-refractivity contribution >= 4 is 17.7 Å². The van der Waals surface area contributed by atoms with Crippen LogP contribution >= 0.6 is 0 Å². The number of carboxylic acid groups (broad SMARTS) is 1. The molecule has 0 atom stereocenters. The number of amides is 2. The van der Waals surface area contributed by atoms with Crippen LogP contribution in [-0.2, 0) is 0 Å². The number of carbonyl (C=O) groups is 2. The highest BCUT2D eigenvalue weighted by molar-refractivity contribution is 5.99. The van der Waals surface area contributed by atoms with Crippen LogP contribution < -0.4 is 10.6 Å². The second-order valence-electron chi connectivity index (χ2n) is 5.55. The van der Waals surface area contributed by atoms with Gasteiger partial charge in [-0.15, -0.1) is 0 Å². The summed E-state index contributed by atoms with van der Waals surface area (Å²) in [7, 11) is 0. The number of aromatic carboxylic acids is 1. The monoisotopic (exact) mass is 294 g/mol. The maximum atomic E-state index is 13.1. The van der Waals surface area contributed by atoms with Crippen molar-refractivity contribution in [2.75, 3.05) is 11.9 Å². The van der Waals surface area contributed by atoms with Crippen molar-refractivity contribution in [2.24, 2.45) is 5.41 Å². The van der Waals surface area contributed by atoms with Crippen molar-refractivity contribution in [1.82, 2.24) is 5.32 Å². The van der Waals surface area contributed by atoms with Crippen LogP contribution in [0.15, 0.2) is 18.2 Å². The first-order valence-electron chi connectivity index (χ1n) is 7.03. The van der Waals surface area contributed by atoms with E-state index in [1.807, 2.05) is 0 Å². The van der Waals surface area contributed by atoms with Gasteiger partial charge in [-0.2, -0.15) is 0 Å². The molecule has 21 heavy (non-hydrogen) atoms. The molecule has 2 rings (SSSR count). The molecule has 1 aliphatic rings. The van der Waals surface area contributed by atoms with Crippen molar-refractivity contribution in [3.63, 3.8) is 0 Å². The van der Waals surface area contributed by atoms with Gasteiger partial charge in [0.25, 0.3) is 0 Å². The quantitative estimate of drug-likeness (QED) is 0.753. The Kier molecular flexibility index (Phi) is 4.45. The van der Waals surface area contributed by atoms with Crippen LogP contribution in [0.3, 0.4) is 0 Å². The van der Waals surface area contributed by atoms with Gasteiger partial charge in [0.15, 0.2) is 0 Å². The molecule has 1 aliphatic carbocycles. The van der Waals surface area contributed by atoms with Gasteiger partial charge in [0, 0.05) is 6.54 Å². The standard InChI is InChI=1S/C15H19FN2O3/c1-2-5-15(6-7-15)9-17-14(21)18-12-4-3-10(16)8-11(12)13(19)20/h3-4,8H,2,5-7,9H2,1H3,(H,19,20)(H2,17,18,21). The van der Waals surface area contributed by atoms with Crippen LogP contribution in [-0.4, -0.2) is 23.7 Å². The molecule has 1 fully saturated rings. The average Bonchev–Trinajstić information content (AvgIpc) is 3.19. The first-order valence-corrected chi connectivity index (χ1v) is 7.03. The Balaban J connectivity index is 1.95. The van der Waals surface area contributed by atoms with E-state index in [1.54, 1.807) is 0 Å². The lowest BCUT2D eigenvalue weighted by Gasteiger charge is -2.16. The molecule has 0 saturated heterocycles. The first-order chi connectivity index (χ1) is 9.96. The molecule has 1 aromatic carbocycles. The van der Waals surface area contributed by atoms with E-state index in [1.165, 1.54) is 6.07 Å². The fourth-order valence-electron chi connectivity index (χ4n) is 2.46. The molecule has 0 aromatic heterocycles. The summed E-state index contributed by atoms with van der Waals surface area (Å²) in [5, 5.41) is 14.2. The summed E-state index contributed by atoms with van der Waals surface area (Å²) in [4.78, 5) is 22.9. The van der Waals surface area contributed by atoms with E-state index in [0.29, 0.717) is 6.54 Å². The lowest BCUT2D eigenvalue weighted by molar-refractivity contribution is 0.0697. The third-order valence-electron chi connectivity index (χ3n) is 3.82. The molecule has 0 aliphatic heterocycles. The molecule has 1 aromatic rings. The summed E-state index contributed by atoms with van der Waals surface area (Å²) in [6, 6.07) is 2.78. The van der Waals surface area contributed by atoms with E-state index in [0.717, 1.165) is 37.8 Å². The smallest absolute Gasteiger partial charge is 0.337 e. The number of rotatable bonds is 6. The molecule has 114 valence electrons. The molecule has 0 radical (unpaired) electrons. The molecule has 1 saturated carbocycles. The number of anilines is 1. The molecule has 0 spiro atoms. The average molecular weight is 294 g/mol. The van der Waals surface area contributed by atoms with Crippen molar-refractivity contribution in [1.29, 1.82) is 0 Å². The molecule has 0 unspecified atom stereocenters. The number of urea groups is 1.